The molecule has 0 radical (unpaired) electrons. The molecule has 3 heteroatoms. The molecule has 3 rings (SSSR count). The van der Waals surface area contributed by atoms with Crippen molar-refractivity contribution in [1.29, 1.82) is 0 Å². The molecule has 2 nitrogen and oxygen atoms in total. The molecule has 0 N–H and O–H groups in total. The van der Waals surface area contributed by atoms with Gasteiger partial charge in [-0.25, -0.2) is 0 Å². The van der Waals surface area contributed by atoms with Crippen molar-refractivity contribution in [1.82, 2.24) is 0 Å². The molecule has 2 aliphatic rings. The van der Waals surface area contributed by atoms with Gasteiger partial charge in [0.15, 0.2) is 0 Å². The van der Waals surface area contributed by atoms with Gasteiger partial charge in [0, 0.05) is 22.2 Å². The first-order valence-electron chi connectivity index (χ1n) is 7.66. The fraction of sp³-hybridized carbons (Fsp3) is 0.500. The van der Waals surface area contributed by atoms with E-state index < -0.39 is 0 Å². The lowest BCUT2D eigenvalue weighted by atomic mass is 9.63. The number of carbonyl (C=O) groups is 1. The van der Waals surface area contributed by atoms with E-state index in [0.717, 1.165) is 23.7 Å². The maximum atomic E-state index is 11.9. The second-order valence-electron chi connectivity index (χ2n) is 6.27. The molecular formula is C18H21BrO2. The lowest BCUT2D eigenvalue weighted by Crippen LogP contribution is -2.40. The Morgan fingerprint density at radius 3 is 2.71 bits per heavy atom. The van der Waals surface area contributed by atoms with Gasteiger partial charge in [-0.15, -0.1) is 6.58 Å². The summed E-state index contributed by atoms with van der Waals surface area (Å²) in [4.78, 5) is 11.9. The Morgan fingerprint density at radius 2 is 2.05 bits per heavy atom. The number of hydrogen-bond donors (Lipinski definition) is 0. The third-order valence-electron chi connectivity index (χ3n) is 5.40. The predicted octanol–water partition coefficient (Wildman–Crippen LogP) is 4.62. The Hall–Kier alpha value is -1.09. The summed E-state index contributed by atoms with van der Waals surface area (Å²) in [5.41, 5.74) is 1.32. The highest BCUT2D eigenvalue weighted by molar-refractivity contribution is 9.10. The Morgan fingerprint density at radius 1 is 1.33 bits per heavy atom. The molecule has 2 fully saturated rings. The van der Waals surface area contributed by atoms with Gasteiger partial charge >= 0.3 is 5.97 Å². The molecule has 1 saturated heterocycles. The van der Waals surface area contributed by atoms with Crippen LogP contribution in [0.5, 0.6) is 0 Å². The van der Waals surface area contributed by atoms with Gasteiger partial charge in [-0.1, -0.05) is 34.1 Å². The topological polar surface area (TPSA) is 26.3 Å². The van der Waals surface area contributed by atoms with Crippen molar-refractivity contribution in [3.8, 4) is 0 Å². The van der Waals surface area contributed by atoms with E-state index in [1.54, 1.807) is 0 Å². The summed E-state index contributed by atoms with van der Waals surface area (Å²) in [6.07, 6.45) is 5.66. The molecule has 1 saturated carbocycles. The Balaban J connectivity index is 2.12. The van der Waals surface area contributed by atoms with E-state index in [1.807, 2.05) is 6.92 Å². The predicted molar refractivity (Wildman–Crippen MR) is 87.0 cm³/mol. The number of halogens is 1. The molecule has 0 spiro atoms. The Labute approximate surface area is 134 Å². The van der Waals surface area contributed by atoms with Crippen LogP contribution in [0.3, 0.4) is 0 Å². The minimum atomic E-state index is -0.0591. The number of ether oxygens (including phenoxy) is 1. The number of cyclic esters (lactones) is 1. The van der Waals surface area contributed by atoms with Crippen molar-refractivity contribution in [2.45, 2.75) is 44.1 Å². The number of benzene rings is 1. The molecule has 0 aromatic heterocycles. The number of hydrogen-bond acceptors (Lipinski definition) is 2. The van der Waals surface area contributed by atoms with E-state index in [1.165, 1.54) is 5.56 Å². The van der Waals surface area contributed by atoms with Crippen LogP contribution in [0.2, 0.25) is 0 Å². The van der Waals surface area contributed by atoms with Gasteiger partial charge in [0.05, 0.1) is 0 Å². The third kappa shape index (κ3) is 2.36. The summed E-state index contributed by atoms with van der Waals surface area (Å²) in [6.45, 7) is 6.11. The van der Waals surface area contributed by atoms with Crippen LogP contribution in [0.1, 0.15) is 38.2 Å². The number of carbonyl (C=O) groups excluding carboxylic acids is 1. The normalized spacial score (nSPS) is 35.7. The highest BCUT2D eigenvalue weighted by atomic mass is 79.9. The van der Waals surface area contributed by atoms with Gasteiger partial charge < -0.3 is 4.74 Å². The Bertz CT molecular complexity index is 551. The van der Waals surface area contributed by atoms with Gasteiger partial charge in [0.2, 0.25) is 0 Å². The van der Waals surface area contributed by atoms with Crippen molar-refractivity contribution >= 4 is 21.9 Å². The van der Waals surface area contributed by atoms with Crippen molar-refractivity contribution in [3.63, 3.8) is 0 Å². The molecule has 0 bridgehead atoms. The largest absolute Gasteiger partial charge is 0.462 e. The molecule has 112 valence electrons. The minimum absolute atomic E-state index is 0.00593. The average molecular weight is 349 g/mol. The molecule has 0 unspecified atom stereocenters. The second kappa shape index (κ2) is 5.60. The summed E-state index contributed by atoms with van der Waals surface area (Å²) in [5.74, 6) is 0.741. The summed E-state index contributed by atoms with van der Waals surface area (Å²) < 4.78 is 6.69. The molecule has 21 heavy (non-hydrogen) atoms. The van der Waals surface area contributed by atoms with Crippen molar-refractivity contribution in [3.05, 3.63) is 47.0 Å². The molecule has 0 amide bonds. The van der Waals surface area contributed by atoms with E-state index in [4.69, 9.17) is 4.74 Å². The standard InChI is InChI=1S/C18H21BrO2/c1-3-13-6-9-16-12(2)21-17(20)10-11-18(13,16)14-4-7-15(19)8-5-14/h3-5,7-8,12-13,16H,1,6,9-11H2,2H3/t12-,13-,16+,18+/m1/s1. The lowest BCUT2D eigenvalue weighted by Gasteiger charge is -2.40. The molecule has 1 aliphatic carbocycles. The van der Waals surface area contributed by atoms with Crippen LogP contribution in [0.4, 0.5) is 0 Å². The fourth-order valence-corrected chi connectivity index (χ4v) is 4.76. The fourth-order valence-electron chi connectivity index (χ4n) is 4.49. The highest BCUT2D eigenvalue weighted by Crippen LogP contribution is 2.56. The maximum Gasteiger partial charge on any atom is 0.306 e. The number of rotatable bonds is 2. The van der Waals surface area contributed by atoms with E-state index in [2.05, 4.69) is 52.9 Å². The molecule has 1 heterocycles. The van der Waals surface area contributed by atoms with Crippen LogP contribution in [0.25, 0.3) is 0 Å². The van der Waals surface area contributed by atoms with Crippen molar-refractivity contribution < 1.29 is 9.53 Å². The van der Waals surface area contributed by atoms with E-state index in [-0.39, 0.29) is 17.5 Å². The minimum Gasteiger partial charge on any atom is -0.462 e. The summed E-state index contributed by atoms with van der Waals surface area (Å²) in [5, 5.41) is 0. The van der Waals surface area contributed by atoms with Gasteiger partial charge in [-0.2, -0.15) is 0 Å². The van der Waals surface area contributed by atoms with Crippen LogP contribution in [0, 0.1) is 11.8 Å². The second-order valence-corrected chi connectivity index (χ2v) is 7.18. The maximum absolute atomic E-state index is 11.9. The molecule has 1 aromatic carbocycles. The molecule has 4 atom stereocenters. The van der Waals surface area contributed by atoms with E-state index in [9.17, 15) is 4.79 Å². The monoisotopic (exact) mass is 348 g/mol. The SMILES string of the molecule is C=C[C@@H]1CC[C@H]2[C@@H](C)OC(=O)CC[C@@]12c1ccc(Br)cc1. The van der Waals surface area contributed by atoms with E-state index in [0.29, 0.717) is 18.3 Å². The van der Waals surface area contributed by atoms with Crippen LogP contribution in [-0.4, -0.2) is 12.1 Å². The average Bonchev–Trinajstić information content (AvgIpc) is 2.79. The quantitative estimate of drug-likeness (QED) is 0.575. The number of allylic oxidation sites excluding steroid dienone is 1. The van der Waals surface area contributed by atoms with Crippen molar-refractivity contribution in [2.75, 3.05) is 0 Å². The molecular weight excluding hydrogens is 328 g/mol. The van der Waals surface area contributed by atoms with E-state index >= 15 is 0 Å². The zero-order chi connectivity index (χ0) is 15.0. The molecule has 1 aliphatic heterocycles. The zero-order valence-electron chi connectivity index (χ0n) is 12.3. The lowest BCUT2D eigenvalue weighted by molar-refractivity contribution is -0.148. The van der Waals surface area contributed by atoms with Gasteiger partial charge in [-0.05, 0) is 49.8 Å². The smallest absolute Gasteiger partial charge is 0.306 e. The summed E-state index contributed by atoms with van der Waals surface area (Å²) in [6, 6.07) is 8.58. The van der Waals surface area contributed by atoms with Gasteiger partial charge in [0.1, 0.15) is 6.10 Å². The van der Waals surface area contributed by atoms with Crippen molar-refractivity contribution in [2.24, 2.45) is 11.8 Å². The third-order valence-corrected chi connectivity index (χ3v) is 5.93. The summed E-state index contributed by atoms with van der Waals surface area (Å²) >= 11 is 3.51. The number of fused-ring (bicyclic) bond motifs is 1. The van der Waals surface area contributed by atoms with Gasteiger partial charge in [0.25, 0.3) is 0 Å². The first-order chi connectivity index (χ1) is 10.1. The first kappa shape index (κ1) is 14.8. The van der Waals surface area contributed by atoms with Crippen LogP contribution < -0.4 is 0 Å². The zero-order valence-corrected chi connectivity index (χ0v) is 13.9. The summed E-state index contributed by atoms with van der Waals surface area (Å²) in [7, 11) is 0. The molecule has 1 aromatic rings. The first-order valence-corrected chi connectivity index (χ1v) is 8.45. The van der Waals surface area contributed by atoms with Crippen LogP contribution in [-0.2, 0) is 14.9 Å². The van der Waals surface area contributed by atoms with Crippen LogP contribution >= 0.6 is 15.9 Å². The van der Waals surface area contributed by atoms with Gasteiger partial charge in [-0.3, -0.25) is 4.79 Å². The van der Waals surface area contributed by atoms with Crippen LogP contribution in [0.15, 0.2) is 41.4 Å². The number of esters is 1. The highest BCUT2D eigenvalue weighted by Gasteiger charge is 2.53. The Kier molecular flexibility index (Phi) is 3.96.